The van der Waals surface area contributed by atoms with E-state index < -0.39 is 34.2 Å². The summed E-state index contributed by atoms with van der Waals surface area (Å²) in [4.78, 5) is 33.5. The van der Waals surface area contributed by atoms with Crippen molar-refractivity contribution in [3.63, 3.8) is 0 Å². The van der Waals surface area contributed by atoms with Crippen LogP contribution in [0.15, 0.2) is 30.5 Å². The average Bonchev–Trinajstić information content (AvgIpc) is 3.39. The van der Waals surface area contributed by atoms with E-state index in [0.29, 0.717) is 28.6 Å². The first-order valence-corrected chi connectivity index (χ1v) is 10.8. The number of benzene rings is 1. The van der Waals surface area contributed by atoms with Crippen LogP contribution >= 0.6 is 0 Å². The van der Waals surface area contributed by atoms with E-state index in [4.69, 9.17) is 0 Å². The molecule has 0 radical (unpaired) electrons. The fourth-order valence-electron chi connectivity index (χ4n) is 4.75. The Labute approximate surface area is 173 Å². The van der Waals surface area contributed by atoms with E-state index in [0.717, 1.165) is 9.21 Å². The molecule has 3 amide bonds. The Morgan fingerprint density at radius 3 is 2.70 bits per heavy atom. The predicted octanol–water partition coefficient (Wildman–Crippen LogP) is 0.507. The number of amides is 3. The highest BCUT2D eigenvalue weighted by atomic mass is 32.2. The Morgan fingerprint density at radius 1 is 1.23 bits per heavy atom. The van der Waals surface area contributed by atoms with Crippen LogP contribution in [0.3, 0.4) is 0 Å². The molecule has 2 bridgehead atoms. The molecular formula is C19H18N6O4S. The van der Waals surface area contributed by atoms with Gasteiger partial charge in [-0.05, 0) is 30.7 Å². The third-order valence-electron chi connectivity index (χ3n) is 6.08. The quantitative estimate of drug-likeness (QED) is 0.660. The maximum absolute atomic E-state index is 13.4. The summed E-state index contributed by atoms with van der Waals surface area (Å²) in [7, 11) is -0.806. The van der Waals surface area contributed by atoms with E-state index >= 15 is 0 Å². The smallest absolute Gasteiger partial charge is 0.306 e. The molecule has 5 rings (SSSR count). The minimum absolute atomic E-state index is 0.171. The van der Waals surface area contributed by atoms with E-state index in [1.165, 1.54) is 29.4 Å². The van der Waals surface area contributed by atoms with E-state index in [1.807, 2.05) is 0 Å². The topological polar surface area (TPSA) is 118 Å². The highest BCUT2D eigenvalue weighted by Gasteiger charge is 2.64. The summed E-state index contributed by atoms with van der Waals surface area (Å²) in [5.74, 6) is -0.457. The van der Waals surface area contributed by atoms with Crippen LogP contribution in [0.1, 0.15) is 12.0 Å². The molecule has 0 spiro atoms. The molecule has 3 atom stereocenters. The van der Waals surface area contributed by atoms with Crippen LogP contribution in [0.2, 0.25) is 0 Å². The number of aromatic nitrogens is 1. The van der Waals surface area contributed by atoms with Gasteiger partial charge in [-0.15, -0.1) is 0 Å². The Morgan fingerprint density at radius 2 is 2.00 bits per heavy atom. The van der Waals surface area contributed by atoms with Gasteiger partial charge in [0.15, 0.2) is 0 Å². The first kappa shape index (κ1) is 18.9. The van der Waals surface area contributed by atoms with Crippen molar-refractivity contribution in [3.05, 3.63) is 36.0 Å². The zero-order chi connectivity index (χ0) is 21.4. The molecule has 3 saturated heterocycles. The highest BCUT2D eigenvalue weighted by Crippen LogP contribution is 2.44. The highest BCUT2D eigenvalue weighted by molar-refractivity contribution is 7.86. The number of fused-ring (bicyclic) bond motifs is 6. The first-order chi connectivity index (χ1) is 14.3. The molecule has 4 heterocycles. The minimum Gasteiger partial charge on any atom is -0.306 e. The second-order valence-electron chi connectivity index (χ2n) is 7.77. The van der Waals surface area contributed by atoms with Crippen molar-refractivity contribution in [2.75, 3.05) is 25.5 Å². The summed E-state index contributed by atoms with van der Waals surface area (Å²) >= 11 is 0. The predicted molar refractivity (Wildman–Crippen MR) is 106 cm³/mol. The first-order valence-electron chi connectivity index (χ1n) is 9.40. The molecule has 3 aliphatic heterocycles. The fourth-order valence-corrected chi connectivity index (χ4v) is 6.08. The minimum atomic E-state index is -3.70. The van der Waals surface area contributed by atoms with Crippen LogP contribution in [0.25, 0.3) is 10.9 Å². The molecule has 10 nitrogen and oxygen atoms in total. The zero-order valence-electron chi connectivity index (χ0n) is 16.3. The summed E-state index contributed by atoms with van der Waals surface area (Å²) in [6.45, 7) is 0.171. The van der Waals surface area contributed by atoms with Gasteiger partial charge in [0.2, 0.25) is 0 Å². The molecule has 154 valence electrons. The van der Waals surface area contributed by atoms with Crippen LogP contribution < -0.4 is 4.90 Å². The van der Waals surface area contributed by atoms with Crippen molar-refractivity contribution in [1.29, 1.82) is 5.26 Å². The van der Waals surface area contributed by atoms with Crippen LogP contribution in [-0.2, 0) is 15.0 Å². The van der Waals surface area contributed by atoms with Gasteiger partial charge in [-0.2, -0.15) is 22.3 Å². The number of hydrogen-bond donors (Lipinski definition) is 0. The van der Waals surface area contributed by atoms with E-state index in [9.17, 15) is 23.3 Å². The lowest BCUT2D eigenvalue weighted by molar-refractivity contribution is -0.120. The van der Waals surface area contributed by atoms with Crippen molar-refractivity contribution in [3.8, 4) is 6.07 Å². The normalized spacial score (nSPS) is 26.1. The Kier molecular flexibility index (Phi) is 3.92. The standard InChI is InChI=1S/C19H18N6O4S/c1-22(2)30(28,29)23-10-12-8-15(23)17-18(26)25(19(27)24(12)17)14-6-5-11(9-20)16-13(14)4-3-7-21-16/h3-7,12,15,17H,8,10H2,1-2H3/t12-,15-,17-/m0/s1. The van der Waals surface area contributed by atoms with Crippen LogP contribution in [0, 0.1) is 11.3 Å². The Bertz CT molecular complexity index is 1250. The van der Waals surface area contributed by atoms with Crippen molar-refractivity contribution in [1.82, 2.24) is 18.5 Å². The molecule has 3 fully saturated rings. The molecule has 0 saturated carbocycles. The second kappa shape index (κ2) is 6.21. The van der Waals surface area contributed by atoms with Crippen molar-refractivity contribution in [2.24, 2.45) is 0 Å². The average molecular weight is 426 g/mol. The van der Waals surface area contributed by atoms with Gasteiger partial charge < -0.3 is 4.90 Å². The maximum Gasteiger partial charge on any atom is 0.332 e. The number of imide groups is 1. The number of carbonyl (C=O) groups excluding carboxylic acids is 2. The molecule has 30 heavy (non-hydrogen) atoms. The van der Waals surface area contributed by atoms with E-state index in [-0.39, 0.29) is 12.6 Å². The molecule has 0 unspecified atom stereocenters. The number of piperazine rings is 1. The van der Waals surface area contributed by atoms with Gasteiger partial charge in [-0.1, -0.05) is 0 Å². The number of urea groups is 1. The largest absolute Gasteiger partial charge is 0.332 e. The molecule has 11 heteroatoms. The van der Waals surface area contributed by atoms with Gasteiger partial charge in [0, 0.05) is 38.3 Å². The molecule has 1 aromatic heterocycles. The SMILES string of the molecule is CN(C)S(=O)(=O)N1C[C@@H]2C[C@H]1[C@H]1C(=O)N(c3ccc(C#N)c4ncccc34)C(=O)N21. The van der Waals surface area contributed by atoms with Crippen LogP contribution in [-0.4, -0.2) is 77.6 Å². The number of pyridine rings is 1. The summed E-state index contributed by atoms with van der Waals surface area (Å²) in [6.07, 6.45) is 1.99. The number of rotatable bonds is 3. The Hall–Kier alpha value is -3.07. The van der Waals surface area contributed by atoms with Crippen molar-refractivity contribution in [2.45, 2.75) is 24.5 Å². The molecule has 0 N–H and O–H groups in total. The molecule has 2 aromatic rings. The van der Waals surface area contributed by atoms with Crippen molar-refractivity contribution < 1.29 is 18.0 Å². The number of carbonyl (C=O) groups is 2. The molecule has 3 aliphatic rings. The van der Waals surface area contributed by atoms with Crippen molar-refractivity contribution >= 4 is 38.7 Å². The number of anilines is 1. The summed E-state index contributed by atoms with van der Waals surface area (Å²) in [5, 5.41) is 9.86. The number of nitrogens with zero attached hydrogens (tertiary/aromatic N) is 6. The third-order valence-corrected chi connectivity index (χ3v) is 8.02. The van der Waals surface area contributed by atoms with Gasteiger partial charge in [-0.25, -0.2) is 9.69 Å². The molecule has 0 aliphatic carbocycles. The lowest BCUT2D eigenvalue weighted by Crippen LogP contribution is -2.56. The molecular weight excluding hydrogens is 408 g/mol. The van der Waals surface area contributed by atoms with Gasteiger partial charge in [0.1, 0.15) is 12.1 Å². The number of nitriles is 1. The van der Waals surface area contributed by atoms with Gasteiger partial charge >= 0.3 is 6.03 Å². The van der Waals surface area contributed by atoms with E-state index in [1.54, 1.807) is 24.4 Å². The van der Waals surface area contributed by atoms with E-state index in [2.05, 4.69) is 11.1 Å². The van der Waals surface area contributed by atoms with Crippen LogP contribution in [0.4, 0.5) is 10.5 Å². The maximum atomic E-state index is 13.4. The monoisotopic (exact) mass is 426 g/mol. The lowest BCUT2D eigenvalue weighted by Gasteiger charge is -2.35. The molecule has 1 aromatic carbocycles. The zero-order valence-corrected chi connectivity index (χ0v) is 17.1. The van der Waals surface area contributed by atoms with Gasteiger partial charge in [-0.3, -0.25) is 9.78 Å². The van der Waals surface area contributed by atoms with Gasteiger partial charge in [0.25, 0.3) is 16.1 Å². The summed E-state index contributed by atoms with van der Waals surface area (Å²) in [5.41, 5.74) is 1.10. The number of hydrogen-bond acceptors (Lipinski definition) is 6. The third kappa shape index (κ3) is 2.29. The summed E-state index contributed by atoms with van der Waals surface area (Å²) in [6, 6.07) is 6.29. The van der Waals surface area contributed by atoms with Gasteiger partial charge in [0.05, 0.1) is 22.8 Å². The van der Waals surface area contributed by atoms with Crippen LogP contribution in [0.5, 0.6) is 0 Å². The Balaban J connectivity index is 1.58. The second-order valence-corrected chi connectivity index (χ2v) is 9.86. The fraction of sp³-hybridized carbons (Fsp3) is 0.368. The summed E-state index contributed by atoms with van der Waals surface area (Å²) < 4.78 is 27.8. The lowest BCUT2D eigenvalue weighted by atomic mass is 10.1.